The molecule has 6 nitrogen and oxygen atoms in total. The van der Waals surface area contributed by atoms with Gasteiger partial charge in [-0.3, -0.25) is 10.4 Å². The number of hydrogen-bond donors (Lipinski definition) is 1. The van der Waals surface area contributed by atoms with Crippen LogP contribution in [0.1, 0.15) is 16.1 Å². The summed E-state index contributed by atoms with van der Waals surface area (Å²) < 4.78 is 0. The lowest BCUT2D eigenvalue weighted by Crippen LogP contribution is -2.44. The molecule has 8 heteroatoms. The lowest BCUT2D eigenvalue weighted by atomic mass is 10.2. The van der Waals surface area contributed by atoms with Crippen molar-refractivity contribution < 1.29 is 0 Å². The predicted molar refractivity (Wildman–Crippen MR) is 121 cm³/mol. The van der Waals surface area contributed by atoms with E-state index in [0.29, 0.717) is 0 Å². The van der Waals surface area contributed by atoms with Gasteiger partial charge in [0, 0.05) is 22.0 Å². The molecule has 0 unspecified atom stereocenters. The summed E-state index contributed by atoms with van der Waals surface area (Å²) in [6.45, 7) is 4.11. The molecule has 0 atom stereocenters. The zero-order valence-electron chi connectivity index (χ0n) is 16.1. The summed E-state index contributed by atoms with van der Waals surface area (Å²) in [6, 6.07) is 20.1. The van der Waals surface area contributed by atoms with Gasteiger partial charge >= 0.3 is 0 Å². The molecule has 146 valence electrons. The molecule has 5 rings (SSSR count). The standard InChI is InChI=1S/C18H17N5S.C3H3NS/c1-13-14(2)24-18(19-13)23-21-17(15-9-5-3-6-10-15)20-22(23)16-11-7-4-8-12-16;1-2-5-3-4-1/h3-12H,1-2H3,(H,20,21);1-3H. The van der Waals surface area contributed by atoms with Gasteiger partial charge in [0.05, 0.1) is 16.9 Å². The summed E-state index contributed by atoms with van der Waals surface area (Å²) in [4.78, 5) is 9.61. The number of nitrogens with one attached hydrogen (secondary N) is 1. The fraction of sp³-hybridized carbons (Fsp3) is 0.0952. The smallest absolute Gasteiger partial charge is 0.228 e. The summed E-state index contributed by atoms with van der Waals surface area (Å²) in [5.41, 5.74) is 8.21. The number of aromatic nitrogens is 2. The molecular formula is C21H20N6S2. The van der Waals surface area contributed by atoms with Crippen molar-refractivity contribution in [2.45, 2.75) is 13.8 Å². The molecule has 0 saturated carbocycles. The molecule has 4 aromatic rings. The first-order chi connectivity index (χ1) is 14.2. The molecule has 0 radical (unpaired) electrons. The highest BCUT2D eigenvalue weighted by Crippen LogP contribution is 2.30. The van der Waals surface area contributed by atoms with Crippen molar-refractivity contribution in [1.82, 2.24) is 15.4 Å². The third-order valence-electron chi connectivity index (χ3n) is 4.18. The highest BCUT2D eigenvalue weighted by atomic mass is 32.1. The summed E-state index contributed by atoms with van der Waals surface area (Å²) in [7, 11) is 0. The van der Waals surface area contributed by atoms with Gasteiger partial charge in [-0.05, 0) is 26.0 Å². The number of rotatable bonds is 3. The summed E-state index contributed by atoms with van der Waals surface area (Å²) >= 11 is 3.25. The van der Waals surface area contributed by atoms with E-state index in [1.54, 1.807) is 34.4 Å². The van der Waals surface area contributed by atoms with E-state index in [-0.39, 0.29) is 0 Å². The van der Waals surface area contributed by atoms with E-state index in [9.17, 15) is 0 Å². The Morgan fingerprint density at radius 3 is 2.21 bits per heavy atom. The van der Waals surface area contributed by atoms with Gasteiger partial charge in [-0.15, -0.1) is 26.7 Å². The first kappa shape index (κ1) is 19.1. The third kappa shape index (κ3) is 4.44. The number of benzene rings is 2. The van der Waals surface area contributed by atoms with Crippen molar-refractivity contribution in [3.63, 3.8) is 0 Å². The molecule has 1 aliphatic rings. The average molecular weight is 421 g/mol. The zero-order valence-corrected chi connectivity index (χ0v) is 17.7. The molecule has 29 heavy (non-hydrogen) atoms. The maximum absolute atomic E-state index is 4.76. The number of anilines is 2. The molecule has 1 aliphatic heterocycles. The number of hydrazone groups is 1. The summed E-state index contributed by atoms with van der Waals surface area (Å²) in [5.74, 6) is 0.796. The normalized spacial score (nSPS) is 12.8. The minimum Gasteiger partial charge on any atom is -0.256 e. The van der Waals surface area contributed by atoms with Crippen LogP contribution in [0.2, 0.25) is 0 Å². The fourth-order valence-electron chi connectivity index (χ4n) is 2.61. The summed E-state index contributed by atoms with van der Waals surface area (Å²) in [5, 5.41) is 11.3. The van der Waals surface area contributed by atoms with Crippen molar-refractivity contribution in [3.8, 4) is 0 Å². The van der Waals surface area contributed by atoms with Gasteiger partial charge in [-0.25, -0.2) is 4.98 Å². The van der Waals surface area contributed by atoms with Crippen LogP contribution in [0.5, 0.6) is 0 Å². The largest absolute Gasteiger partial charge is 0.256 e. The maximum atomic E-state index is 4.76. The fourth-order valence-corrected chi connectivity index (χ4v) is 3.82. The number of hydrazine groups is 2. The Balaban J connectivity index is 0.000000359. The van der Waals surface area contributed by atoms with E-state index in [0.717, 1.165) is 27.9 Å². The van der Waals surface area contributed by atoms with Gasteiger partial charge in [-0.2, -0.15) is 0 Å². The van der Waals surface area contributed by atoms with Gasteiger partial charge in [0.1, 0.15) is 0 Å². The Morgan fingerprint density at radius 2 is 1.66 bits per heavy atom. The van der Waals surface area contributed by atoms with Crippen LogP contribution in [0.15, 0.2) is 82.9 Å². The number of para-hydroxylation sites is 1. The minimum absolute atomic E-state index is 0.796. The minimum atomic E-state index is 0.796. The number of aryl methyl sites for hydroxylation is 2. The van der Waals surface area contributed by atoms with Crippen LogP contribution in [0.4, 0.5) is 10.8 Å². The van der Waals surface area contributed by atoms with Crippen molar-refractivity contribution >= 4 is 39.3 Å². The van der Waals surface area contributed by atoms with Gasteiger partial charge in [-0.1, -0.05) is 59.9 Å². The van der Waals surface area contributed by atoms with Crippen molar-refractivity contribution in [2.24, 2.45) is 5.10 Å². The third-order valence-corrected chi connectivity index (χ3v) is 5.75. The van der Waals surface area contributed by atoms with Crippen LogP contribution in [0, 0.1) is 13.8 Å². The molecule has 0 spiro atoms. The topological polar surface area (TPSA) is 56.7 Å². The van der Waals surface area contributed by atoms with Gasteiger partial charge < -0.3 is 0 Å². The Bertz CT molecular complexity index is 1020. The first-order valence-electron chi connectivity index (χ1n) is 9.04. The van der Waals surface area contributed by atoms with Crippen LogP contribution >= 0.6 is 22.7 Å². The van der Waals surface area contributed by atoms with E-state index in [1.807, 2.05) is 83.2 Å². The second-order valence-corrected chi connectivity index (χ2v) is 8.11. The highest BCUT2D eigenvalue weighted by Gasteiger charge is 2.28. The Labute approximate surface area is 177 Å². The van der Waals surface area contributed by atoms with Crippen LogP contribution < -0.4 is 15.7 Å². The van der Waals surface area contributed by atoms with Crippen molar-refractivity contribution in [1.29, 1.82) is 0 Å². The first-order valence-corrected chi connectivity index (χ1v) is 10.8. The molecule has 0 fully saturated rings. The number of amidine groups is 1. The Morgan fingerprint density at radius 1 is 0.931 bits per heavy atom. The second kappa shape index (κ2) is 8.85. The highest BCUT2D eigenvalue weighted by molar-refractivity contribution is 7.15. The SMILES string of the molecule is Cc1nc(N2NC(c3ccccc3)=NN2c2ccccc2)sc1C.c1cscn1. The van der Waals surface area contributed by atoms with E-state index < -0.39 is 0 Å². The lowest BCUT2D eigenvalue weighted by Gasteiger charge is -2.25. The van der Waals surface area contributed by atoms with Gasteiger partial charge in [0.2, 0.25) is 5.13 Å². The second-order valence-electron chi connectivity index (χ2n) is 6.18. The maximum Gasteiger partial charge on any atom is 0.228 e. The lowest BCUT2D eigenvalue weighted by molar-refractivity contribution is 0.765. The zero-order chi connectivity index (χ0) is 20.1. The number of nitrogens with zero attached hydrogens (tertiary/aromatic N) is 5. The monoisotopic (exact) mass is 420 g/mol. The molecule has 2 aromatic heterocycles. The van der Waals surface area contributed by atoms with Crippen LogP contribution in [0.3, 0.4) is 0 Å². The van der Waals surface area contributed by atoms with Crippen molar-refractivity contribution in [3.05, 3.63) is 93.9 Å². The molecule has 0 aliphatic carbocycles. The van der Waals surface area contributed by atoms with Crippen molar-refractivity contribution in [2.75, 3.05) is 10.2 Å². The van der Waals surface area contributed by atoms with E-state index in [4.69, 9.17) is 5.10 Å². The molecule has 2 aromatic carbocycles. The quantitative estimate of drug-likeness (QED) is 0.505. The molecule has 0 amide bonds. The van der Waals surface area contributed by atoms with Gasteiger partial charge in [0.15, 0.2) is 5.84 Å². The van der Waals surface area contributed by atoms with E-state index in [1.165, 1.54) is 4.88 Å². The molecule has 1 N–H and O–H groups in total. The Kier molecular flexibility index (Phi) is 5.83. The molecule has 3 heterocycles. The Hall–Kier alpha value is -3.23. The molecule has 0 saturated heterocycles. The number of hydrogen-bond acceptors (Lipinski definition) is 8. The number of thiazole rings is 2. The van der Waals surface area contributed by atoms with Crippen LogP contribution in [-0.2, 0) is 0 Å². The van der Waals surface area contributed by atoms with E-state index >= 15 is 0 Å². The van der Waals surface area contributed by atoms with E-state index in [2.05, 4.69) is 22.3 Å². The van der Waals surface area contributed by atoms with Gasteiger partial charge in [0.25, 0.3) is 0 Å². The molecule has 0 bridgehead atoms. The predicted octanol–water partition coefficient (Wildman–Crippen LogP) is 5.01. The van der Waals surface area contributed by atoms with Crippen LogP contribution in [-0.4, -0.2) is 15.8 Å². The van der Waals surface area contributed by atoms with Crippen LogP contribution in [0.25, 0.3) is 0 Å². The average Bonchev–Trinajstić information content (AvgIpc) is 3.52. The molecular weight excluding hydrogens is 400 g/mol. The summed E-state index contributed by atoms with van der Waals surface area (Å²) in [6.07, 6.45) is 1.77.